The van der Waals surface area contributed by atoms with Gasteiger partial charge in [0.15, 0.2) is 11.5 Å². The summed E-state index contributed by atoms with van der Waals surface area (Å²) >= 11 is 3.65. The fourth-order valence-corrected chi connectivity index (χ4v) is 5.88. The summed E-state index contributed by atoms with van der Waals surface area (Å²) < 4.78 is 40.1. The first-order chi connectivity index (χ1) is 14.5. The van der Waals surface area contributed by atoms with Crippen molar-refractivity contribution < 1.29 is 17.9 Å². The average molecular weight is 486 g/mol. The van der Waals surface area contributed by atoms with Gasteiger partial charge in [0.05, 0.1) is 30.3 Å². The van der Waals surface area contributed by atoms with Crippen LogP contribution in [-0.4, -0.2) is 26.6 Å². The Balaban J connectivity index is 1.93. The molecule has 0 aliphatic carbocycles. The van der Waals surface area contributed by atoms with Gasteiger partial charge in [0.25, 0.3) is 10.0 Å². The SMILES string of the molecule is COc1ccc(Cc2c(Br)c3ccccc3n2S(=O)(=O)c2ccccc2)cc1OC. The van der Waals surface area contributed by atoms with Crippen LogP contribution in [0, 0.1) is 0 Å². The van der Waals surface area contributed by atoms with Gasteiger partial charge in [-0.1, -0.05) is 42.5 Å². The number of methoxy groups -OCH3 is 2. The van der Waals surface area contributed by atoms with Crippen LogP contribution < -0.4 is 9.47 Å². The molecule has 154 valence electrons. The van der Waals surface area contributed by atoms with E-state index < -0.39 is 10.0 Å². The highest BCUT2D eigenvalue weighted by atomic mass is 79.9. The van der Waals surface area contributed by atoms with Crippen LogP contribution in [0.3, 0.4) is 0 Å². The number of benzene rings is 3. The lowest BCUT2D eigenvalue weighted by Gasteiger charge is -2.14. The number of para-hydroxylation sites is 1. The Labute approximate surface area is 184 Å². The van der Waals surface area contributed by atoms with E-state index in [2.05, 4.69) is 15.9 Å². The van der Waals surface area contributed by atoms with Crippen molar-refractivity contribution in [1.82, 2.24) is 3.97 Å². The second-order valence-corrected chi connectivity index (χ2v) is 9.31. The number of fused-ring (bicyclic) bond motifs is 1. The molecule has 1 heterocycles. The number of rotatable bonds is 6. The average Bonchev–Trinajstić information content (AvgIpc) is 3.06. The maximum Gasteiger partial charge on any atom is 0.268 e. The van der Waals surface area contributed by atoms with Crippen LogP contribution in [-0.2, 0) is 16.4 Å². The molecule has 0 unspecified atom stereocenters. The Morgan fingerprint density at radius 1 is 0.867 bits per heavy atom. The number of halogens is 1. The molecule has 1 aromatic heterocycles. The molecule has 0 atom stereocenters. The molecule has 0 spiro atoms. The van der Waals surface area contributed by atoms with Crippen LogP contribution in [0.25, 0.3) is 10.9 Å². The summed E-state index contributed by atoms with van der Waals surface area (Å²) in [6.07, 6.45) is 0.391. The molecule has 0 N–H and O–H groups in total. The number of hydrogen-bond acceptors (Lipinski definition) is 4. The number of nitrogens with zero attached hydrogens (tertiary/aromatic N) is 1. The zero-order valence-corrected chi connectivity index (χ0v) is 18.9. The smallest absolute Gasteiger partial charge is 0.268 e. The highest BCUT2D eigenvalue weighted by Crippen LogP contribution is 2.36. The number of hydrogen-bond donors (Lipinski definition) is 0. The van der Waals surface area contributed by atoms with Crippen molar-refractivity contribution in [2.24, 2.45) is 0 Å². The van der Waals surface area contributed by atoms with Crippen molar-refractivity contribution in [3.8, 4) is 11.5 Å². The normalized spacial score (nSPS) is 11.6. The third kappa shape index (κ3) is 3.48. The van der Waals surface area contributed by atoms with Gasteiger partial charge in [0.1, 0.15) is 0 Å². The van der Waals surface area contributed by atoms with E-state index in [0.717, 1.165) is 15.4 Å². The van der Waals surface area contributed by atoms with Crippen molar-refractivity contribution >= 4 is 36.9 Å². The molecular weight excluding hydrogens is 466 g/mol. The standard InChI is InChI=1S/C23H20BrNO4S/c1-28-21-13-12-16(15-22(21)29-2)14-20-23(24)18-10-6-7-11-19(18)25(20)30(26,27)17-8-4-3-5-9-17/h3-13,15H,14H2,1-2H3. The Morgan fingerprint density at radius 3 is 2.23 bits per heavy atom. The van der Waals surface area contributed by atoms with E-state index in [-0.39, 0.29) is 4.90 Å². The summed E-state index contributed by atoms with van der Waals surface area (Å²) in [6, 6.07) is 21.5. The number of aromatic nitrogens is 1. The second-order valence-electron chi connectivity index (χ2n) is 6.73. The van der Waals surface area contributed by atoms with Gasteiger partial charge in [0, 0.05) is 16.3 Å². The molecule has 7 heteroatoms. The summed E-state index contributed by atoms with van der Waals surface area (Å²) in [5.74, 6) is 1.22. The second kappa shape index (κ2) is 8.16. The van der Waals surface area contributed by atoms with Gasteiger partial charge in [-0.15, -0.1) is 0 Å². The molecular formula is C23H20BrNO4S. The largest absolute Gasteiger partial charge is 0.493 e. The molecule has 0 aliphatic rings. The van der Waals surface area contributed by atoms with Gasteiger partial charge >= 0.3 is 0 Å². The quantitative estimate of drug-likeness (QED) is 0.374. The fraction of sp³-hybridized carbons (Fsp3) is 0.130. The molecule has 0 fully saturated rings. The Morgan fingerprint density at radius 2 is 1.53 bits per heavy atom. The van der Waals surface area contributed by atoms with E-state index in [4.69, 9.17) is 9.47 Å². The van der Waals surface area contributed by atoms with Crippen molar-refractivity contribution in [2.75, 3.05) is 14.2 Å². The summed E-state index contributed by atoms with van der Waals surface area (Å²) in [4.78, 5) is 0.242. The first-order valence-corrected chi connectivity index (χ1v) is 11.5. The summed E-state index contributed by atoms with van der Waals surface area (Å²) in [5.41, 5.74) is 2.18. The van der Waals surface area contributed by atoms with Gasteiger partial charge < -0.3 is 9.47 Å². The zero-order chi connectivity index (χ0) is 21.3. The highest BCUT2D eigenvalue weighted by Gasteiger charge is 2.26. The first-order valence-electron chi connectivity index (χ1n) is 9.26. The third-order valence-corrected chi connectivity index (χ3v) is 7.61. The molecule has 4 rings (SSSR count). The van der Waals surface area contributed by atoms with E-state index in [1.54, 1.807) is 44.6 Å². The van der Waals surface area contributed by atoms with E-state index in [1.165, 1.54) is 3.97 Å². The Kier molecular flexibility index (Phi) is 5.58. The van der Waals surface area contributed by atoms with Crippen LogP contribution in [0.4, 0.5) is 0 Å². The van der Waals surface area contributed by atoms with Gasteiger partial charge in [-0.25, -0.2) is 12.4 Å². The summed E-state index contributed by atoms with van der Waals surface area (Å²) in [6.45, 7) is 0. The van der Waals surface area contributed by atoms with Crippen LogP contribution in [0.5, 0.6) is 11.5 Å². The highest BCUT2D eigenvalue weighted by molar-refractivity contribution is 9.10. The maximum absolute atomic E-state index is 13.6. The summed E-state index contributed by atoms with van der Waals surface area (Å²) in [5, 5.41) is 0.840. The van der Waals surface area contributed by atoms with Crippen molar-refractivity contribution in [3.63, 3.8) is 0 Å². The zero-order valence-electron chi connectivity index (χ0n) is 16.5. The topological polar surface area (TPSA) is 57.5 Å². The minimum absolute atomic E-state index is 0.242. The molecule has 0 bridgehead atoms. The third-order valence-electron chi connectivity index (χ3n) is 4.96. The lowest BCUT2D eigenvalue weighted by atomic mass is 10.1. The van der Waals surface area contributed by atoms with E-state index >= 15 is 0 Å². The molecule has 5 nitrogen and oxygen atoms in total. The molecule has 30 heavy (non-hydrogen) atoms. The van der Waals surface area contributed by atoms with E-state index in [0.29, 0.717) is 29.1 Å². The molecule has 0 amide bonds. The van der Waals surface area contributed by atoms with E-state index in [9.17, 15) is 8.42 Å². The fourth-order valence-electron chi connectivity index (χ4n) is 3.53. The molecule has 4 aromatic rings. The van der Waals surface area contributed by atoms with Gasteiger partial charge in [-0.05, 0) is 51.8 Å². The van der Waals surface area contributed by atoms with Crippen LogP contribution >= 0.6 is 15.9 Å². The van der Waals surface area contributed by atoms with Crippen molar-refractivity contribution in [2.45, 2.75) is 11.3 Å². The van der Waals surface area contributed by atoms with Crippen LogP contribution in [0.1, 0.15) is 11.3 Å². The first kappa shape index (κ1) is 20.5. The predicted octanol–water partition coefficient (Wildman–Crippen LogP) is 5.25. The molecule has 0 radical (unpaired) electrons. The lowest BCUT2D eigenvalue weighted by Crippen LogP contribution is -2.16. The number of ether oxygens (including phenoxy) is 2. The molecule has 0 saturated heterocycles. The Bertz CT molecular complexity index is 1310. The molecule has 3 aromatic carbocycles. The molecule has 0 saturated carbocycles. The van der Waals surface area contributed by atoms with E-state index in [1.807, 2.05) is 42.5 Å². The monoisotopic (exact) mass is 485 g/mol. The van der Waals surface area contributed by atoms with Crippen LogP contribution in [0.2, 0.25) is 0 Å². The van der Waals surface area contributed by atoms with Crippen LogP contribution in [0.15, 0.2) is 82.2 Å². The van der Waals surface area contributed by atoms with Crippen molar-refractivity contribution in [3.05, 3.63) is 88.5 Å². The van der Waals surface area contributed by atoms with Gasteiger partial charge in [0.2, 0.25) is 0 Å². The minimum atomic E-state index is -3.79. The van der Waals surface area contributed by atoms with Crippen molar-refractivity contribution in [1.29, 1.82) is 0 Å². The van der Waals surface area contributed by atoms with Gasteiger partial charge in [-0.3, -0.25) is 0 Å². The van der Waals surface area contributed by atoms with Gasteiger partial charge in [-0.2, -0.15) is 0 Å². The molecule has 0 aliphatic heterocycles. The minimum Gasteiger partial charge on any atom is -0.493 e. The summed E-state index contributed by atoms with van der Waals surface area (Å²) in [7, 11) is -0.634. The lowest BCUT2D eigenvalue weighted by molar-refractivity contribution is 0.354. The maximum atomic E-state index is 13.6. The predicted molar refractivity (Wildman–Crippen MR) is 121 cm³/mol. The Hall–Kier alpha value is -2.77.